The first-order valence-electron chi connectivity index (χ1n) is 9.06. The van der Waals surface area contributed by atoms with E-state index in [1.807, 2.05) is 0 Å². The van der Waals surface area contributed by atoms with Gasteiger partial charge in [0, 0.05) is 19.4 Å². The van der Waals surface area contributed by atoms with Gasteiger partial charge in [-0.1, -0.05) is 12.1 Å². The van der Waals surface area contributed by atoms with Crippen LogP contribution in [-0.4, -0.2) is 40.1 Å². The van der Waals surface area contributed by atoms with Crippen LogP contribution in [0.15, 0.2) is 24.3 Å². The first-order valence-corrected chi connectivity index (χ1v) is 9.06. The standard InChI is InChI=1S/C18H22F3N5O2.ClH/c1-26-17(24-16(25-26)13-8-10-22-11-9-13)23-15(27)7-4-12-2-5-14(6-3-12)28-18(19,20)21;/h2-3,5-6,13,22H,4,7-11H2,1H3,(H,23,24,25,27);1H. The van der Waals surface area contributed by atoms with Crippen LogP contribution in [0.1, 0.15) is 36.6 Å². The molecule has 11 heteroatoms. The third-order valence-electron chi connectivity index (χ3n) is 4.53. The molecule has 2 N–H and O–H groups in total. The van der Waals surface area contributed by atoms with Crippen LogP contribution in [0.5, 0.6) is 5.75 Å². The van der Waals surface area contributed by atoms with Gasteiger partial charge in [-0.05, 0) is 50.0 Å². The number of hydrogen-bond acceptors (Lipinski definition) is 5. The zero-order valence-corrected chi connectivity index (χ0v) is 16.6. The lowest BCUT2D eigenvalue weighted by Gasteiger charge is -2.19. The van der Waals surface area contributed by atoms with Gasteiger partial charge in [-0.3, -0.25) is 10.1 Å². The lowest BCUT2D eigenvalue weighted by molar-refractivity contribution is -0.274. The molecule has 3 rings (SSSR count). The maximum absolute atomic E-state index is 12.2. The molecule has 1 amide bonds. The second-order valence-electron chi connectivity index (χ2n) is 6.68. The quantitative estimate of drug-likeness (QED) is 0.731. The lowest BCUT2D eigenvalue weighted by atomic mass is 9.98. The van der Waals surface area contributed by atoms with Crippen LogP contribution < -0.4 is 15.4 Å². The highest BCUT2D eigenvalue weighted by atomic mass is 35.5. The molecule has 1 fully saturated rings. The van der Waals surface area contributed by atoms with Crippen molar-refractivity contribution < 1.29 is 22.7 Å². The van der Waals surface area contributed by atoms with E-state index in [0.717, 1.165) is 37.3 Å². The van der Waals surface area contributed by atoms with Gasteiger partial charge in [-0.15, -0.1) is 25.6 Å². The Bertz CT molecular complexity index is 805. The third-order valence-corrected chi connectivity index (χ3v) is 4.53. The number of alkyl halides is 3. The second-order valence-corrected chi connectivity index (χ2v) is 6.68. The van der Waals surface area contributed by atoms with E-state index in [4.69, 9.17) is 0 Å². The van der Waals surface area contributed by atoms with Crippen LogP contribution in [0.4, 0.5) is 19.1 Å². The number of rotatable bonds is 6. The summed E-state index contributed by atoms with van der Waals surface area (Å²) in [5.41, 5.74) is 0.734. The fourth-order valence-electron chi connectivity index (χ4n) is 3.07. The Balaban J connectivity index is 0.00000300. The minimum absolute atomic E-state index is 0. The number of nitrogens with one attached hydrogen (secondary N) is 2. The smallest absolute Gasteiger partial charge is 0.406 e. The molecule has 29 heavy (non-hydrogen) atoms. The Labute approximate surface area is 172 Å². The molecular weight excluding hydrogens is 411 g/mol. The fourth-order valence-corrected chi connectivity index (χ4v) is 3.07. The summed E-state index contributed by atoms with van der Waals surface area (Å²) in [7, 11) is 1.73. The number of anilines is 1. The molecule has 0 spiro atoms. The van der Waals surface area contributed by atoms with Gasteiger partial charge >= 0.3 is 6.36 Å². The minimum Gasteiger partial charge on any atom is -0.406 e. The molecule has 2 aromatic rings. The van der Waals surface area contributed by atoms with E-state index in [2.05, 4.69) is 25.5 Å². The van der Waals surface area contributed by atoms with Crippen molar-refractivity contribution in [2.75, 3.05) is 18.4 Å². The van der Waals surface area contributed by atoms with Crippen LogP contribution in [0.2, 0.25) is 0 Å². The van der Waals surface area contributed by atoms with Crippen molar-refractivity contribution in [2.45, 2.75) is 38.0 Å². The summed E-state index contributed by atoms with van der Waals surface area (Å²) in [4.78, 5) is 16.6. The number of aromatic nitrogens is 3. The van der Waals surface area contributed by atoms with Crippen molar-refractivity contribution in [3.05, 3.63) is 35.7 Å². The number of aryl methyl sites for hydroxylation is 2. The first-order chi connectivity index (χ1) is 13.3. The van der Waals surface area contributed by atoms with Gasteiger partial charge < -0.3 is 10.1 Å². The molecule has 0 unspecified atom stereocenters. The highest BCUT2D eigenvalue weighted by molar-refractivity contribution is 5.89. The molecule has 160 valence electrons. The van der Waals surface area contributed by atoms with Crippen LogP contribution in [-0.2, 0) is 18.3 Å². The van der Waals surface area contributed by atoms with Crippen molar-refractivity contribution in [3.63, 3.8) is 0 Å². The molecular formula is C18H23ClF3N5O2. The predicted octanol–water partition coefficient (Wildman–Crippen LogP) is 3.17. The van der Waals surface area contributed by atoms with E-state index in [9.17, 15) is 18.0 Å². The Kier molecular flexibility index (Phi) is 7.86. The summed E-state index contributed by atoms with van der Waals surface area (Å²) in [6.45, 7) is 1.86. The normalized spacial score (nSPS) is 14.9. The zero-order valence-electron chi connectivity index (χ0n) is 15.8. The van der Waals surface area contributed by atoms with Gasteiger partial charge in [0.1, 0.15) is 5.75 Å². The fraction of sp³-hybridized carbons (Fsp3) is 0.500. The number of ether oxygens (including phenoxy) is 1. The van der Waals surface area contributed by atoms with E-state index in [0.29, 0.717) is 12.4 Å². The highest BCUT2D eigenvalue weighted by Crippen LogP contribution is 2.24. The van der Waals surface area contributed by atoms with Crippen molar-refractivity contribution in [1.29, 1.82) is 0 Å². The number of nitrogens with zero attached hydrogens (tertiary/aromatic N) is 3. The molecule has 1 saturated heterocycles. The van der Waals surface area contributed by atoms with Crippen LogP contribution in [0, 0.1) is 0 Å². The Morgan fingerprint density at radius 3 is 2.55 bits per heavy atom. The van der Waals surface area contributed by atoms with Crippen LogP contribution in [0.25, 0.3) is 0 Å². The van der Waals surface area contributed by atoms with Crippen LogP contribution in [0.3, 0.4) is 0 Å². The largest absolute Gasteiger partial charge is 0.573 e. The molecule has 2 heterocycles. The maximum atomic E-state index is 12.2. The minimum atomic E-state index is -4.72. The predicted molar refractivity (Wildman–Crippen MR) is 103 cm³/mol. The number of benzene rings is 1. The van der Waals surface area contributed by atoms with Gasteiger partial charge in [-0.2, -0.15) is 10.1 Å². The van der Waals surface area contributed by atoms with E-state index in [-0.39, 0.29) is 36.4 Å². The second kappa shape index (κ2) is 9.93. The summed E-state index contributed by atoms with van der Waals surface area (Å²) in [5, 5.41) is 10.4. The number of piperidine rings is 1. The monoisotopic (exact) mass is 433 g/mol. The average Bonchev–Trinajstić information content (AvgIpc) is 3.01. The number of halogens is 4. The maximum Gasteiger partial charge on any atom is 0.573 e. The summed E-state index contributed by atoms with van der Waals surface area (Å²) < 4.78 is 41.9. The summed E-state index contributed by atoms with van der Waals surface area (Å²) >= 11 is 0. The molecule has 1 aromatic carbocycles. The van der Waals surface area contributed by atoms with Crippen molar-refractivity contribution in [2.24, 2.45) is 7.05 Å². The van der Waals surface area contributed by atoms with Crippen LogP contribution >= 0.6 is 12.4 Å². The molecule has 1 aliphatic rings. The van der Waals surface area contributed by atoms with Crippen molar-refractivity contribution in [1.82, 2.24) is 20.1 Å². The zero-order chi connectivity index (χ0) is 20.1. The third kappa shape index (κ3) is 6.90. The molecule has 7 nitrogen and oxygen atoms in total. The van der Waals surface area contributed by atoms with Gasteiger partial charge in [0.2, 0.25) is 11.9 Å². The number of carbonyl (C=O) groups is 1. The summed E-state index contributed by atoms with van der Waals surface area (Å²) in [5.74, 6) is 0.899. The van der Waals surface area contributed by atoms with E-state index >= 15 is 0 Å². The number of carbonyl (C=O) groups excluding carboxylic acids is 1. The Morgan fingerprint density at radius 1 is 1.28 bits per heavy atom. The summed E-state index contributed by atoms with van der Waals surface area (Å²) in [6, 6.07) is 5.47. The van der Waals surface area contributed by atoms with E-state index in [1.165, 1.54) is 24.3 Å². The van der Waals surface area contributed by atoms with E-state index < -0.39 is 6.36 Å². The molecule has 0 aliphatic carbocycles. The molecule has 0 bridgehead atoms. The van der Waals surface area contributed by atoms with Gasteiger partial charge in [0.25, 0.3) is 0 Å². The van der Waals surface area contributed by atoms with Crippen molar-refractivity contribution in [3.8, 4) is 5.75 Å². The lowest BCUT2D eigenvalue weighted by Crippen LogP contribution is -2.27. The summed E-state index contributed by atoms with van der Waals surface area (Å²) in [6.07, 6.45) is -2.23. The number of hydrogen-bond donors (Lipinski definition) is 2. The topological polar surface area (TPSA) is 81.1 Å². The van der Waals surface area contributed by atoms with Gasteiger partial charge in [0.15, 0.2) is 5.82 Å². The van der Waals surface area contributed by atoms with Crippen molar-refractivity contribution >= 4 is 24.3 Å². The Morgan fingerprint density at radius 2 is 1.93 bits per heavy atom. The first kappa shape index (κ1) is 23.0. The molecule has 0 saturated carbocycles. The van der Waals surface area contributed by atoms with Gasteiger partial charge in [-0.25, -0.2) is 4.68 Å². The average molecular weight is 434 g/mol. The van der Waals surface area contributed by atoms with E-state index in [1.54, 1.807) is 11.7 Å². The number of amides is 1. The highest BCUT2D eigenvalue weighted by Gasteiger charge is 2.31. The SMILES string of the molecule is Cl.Cn1nc(C2CCNCC2)nc1NC(=O)CCc1ccc(OC(F)(F)F)cc1. The molecule has 1 aromatic heterocycles. The molecule has 0 atom stereocenters. The van der Waals surface area contributed by atoms with Gasteiger partial charge in [0.05, 0.1) is 0 Å². The molecule has 0 radical (unpaired) electrons. The molecule has 1 aliphatic heterocycles. The Hall–Kier alpha value is -2.33.